The molecule has 0 aromatic heterocycles. The number of aryl methyl sites for hydroxylation is 2. The van der Waals surface area contributed by atoms with Gasteiger partial charge in [0.2, 0.25) is 0 Å². The minimum atomic E-state index is -0.260. The van der Waals surface area contributed by atoms with Gasteiger partial charge in [0.25, 0.3) is 0 Å². The first kappa shape index (κ1) is 15.7. The van der Waals surface area contributed by atoms with Crippen molar-refractivity contribution in [2.75, 3.05) is 0 Å². The summed E-state index contributed by atoms with van der Waals surface area (Å²) < 4.78 is 13.1. The van der Waals surface area contributed by atoms with Crippen LogP contribution in [0.4, 0.5) is 4.39 Å². The van der Waals surface area contributed by atoms with Gasteiger partial charge in [-0.2, -0.15) is 0 Å². The number of halogens is 1. The van der Waals surface area contributed by atoms with Crippen molar-refractivity contribution in [1.82, 2.24) is 5.43 Å². The van der Waals surface area contributed by atoms with Crippen molar-refractivity contribution < 1.29 is 4.39 Å². The Labute approximate surface area is 126 Å². The second kappa shape index (κ2) is 5.96. The lowest BCUT2D eigenvalue weighted by atomic mass is 9.75. The van der Waals surface area contributed by atoms with Gasteiger partial charge in [-0.25, -0.2) is 4.39 Å². The maximum absolute atomic E-state index is 13.1. The standard InChI is InChI=1S/C18H23FN2/c1-12-5-6-14(11-13(12)2)17(21-20)18(3,4)15-7-9-16(19)10-8-15/h5-11,17,21H,20H2,1-4H3. The van der Waals surface area contributed by atoms with Gasteiger partial charge in [-0.05, 0) is 48.2 Å². The molecule has 3 N–H and O–H groups in total. The third-order valence-electron chi connectivity index (χ3n) is 4.34. The molecule has 3 heteroatoms. The number of nitrogens with two attached hydrogens (primary N) is 1. The molecule has 2 rings (SSSR count). The van der Waals surface area contributed by atoms with Crippen LogP contribution in [0.5, 0.6) is 0 Å². The second-order valence-corrected chi connectivity index (χ2v) is 6.17. The van der Waals surface area contributed by atoms with Crippen molar-refractivity contribution >= 4 is 0 Å². The molecule has 0 heterocycles. The predicted octanol–water partition coefficient (Wildman–Crippen LogP) is 3.92. The maximum atomic E-state index is 13.1. The van der Waals surface area contributed by atoms with Crippen molar-refractivity contribution in [3.8, 4) is 0 Å². The molecule has 0 fully saturated rings. The first-order valence-corrected chi connectivity index (χ1v) is 7.15. The number of hydrazine groups is 1. The molecular weight excluding hydrogens is 263 g/mol. The van der Waals surface area contributed by atoms with E-state index >= 15 is 0 Å². The quantitative estimate of drug-likeness (QED) is 0.660. The van der Waals surface area contributed by atoms with E-state index in [0.29, 0.717) is 0 Å². The summed E-state index contributed by atoms with van der Waals surface area (Å²) in [6.45, 7) is 8.41. The lowest BCUT2D eigenvalue weighted by Gasteiger charge is -2.35. The van der Waals surface area contributed by atoms with Gasteiger partial charge in [-0.15, -0.1) is 0 Å². The Bertz CT molecular complexity index is 618. The topological polar surface area (TPSA) is 38.0 Å². The Balaban J connectivity index is 2.43. The number of hydrogen-bond donors (Lipinski definition) is 2. The molecule has 0 saturated heterocycles. The Morgan fingerprint density at radius 3 is 2.14 bits per heavy atom. The van der Waals surface area contributed by atoms with Gasteiger partial charge in [-0.1, -0.05) is 44.2 Å². The van der Waals surface area contributed by atoms with Gasteiger partial charge in [-0.3, -0.25) is 11.3 Å². The molecule has 0 radical (unpaired) electrons. The van der Waals surface area contributed by atoms with E-state index in [1.165, 1.54) is 23.3 Å². The fourth-order valence-corrected chi connectivity index (χ4v) is 2.71. The van der Waals surface area contributed by atoms with Crippen LogP contribution in [0.3, 0.4) is 0 Å². The zero-order chi connectivity index (χ0) is 15.6. The maximum Gasteiger partial charge on any atom is 0.123 e. The van der Waals surface area contributed by atoms with Crippen molar-refractivity contribution in [3.05, 3.63) is 70.5 Å². The summed E-state index contributed by atoms with van der Waals surface area (Å²) in [6, 6.07) is 12.9. The first-order chi connectivity index (χ1) is 9.86. The third-order valence-corrected chi connectivity index (χ3v) is 4.34. The Morgan fingerprint density at radius 1 is 1.00 bits per heavy atom. The Kier molecular flexibility index (Phi) is 4.45. The molecule has 0 aliphatic rings. The average Bonchev–Trinajstić information content (AvgIpc) is 2.44. The predicted molar refractivity (Wildman–Crippen MR) is 85.4 cm³/mol. The highest BCUT2D eigenvalue weighted by Gasteiger charge is 2.32. The van der Waals surface area contributed by atoms with Gasteiger partial charge in [0.15, 0.2) is 0 Å². The van der Waals surface area contributed by atoms with Crippen molar-refractivity contribution in [1.29, 1.82) is 0 Å². The smallest absolute Gasteiger partial charge is 0.123 e. The van der Waals surface area contributed by atoms with Crippen LogP contribution in [0.15, 0.2) is 42.5 Å². The van der Waals surface area contributed by atoms with E-state index in [1.54, 1.807) is 0 Å². The van der Waals surface area contributed by atoms with E-state index in [-0.39, 0.29) is 17.3 Å². The molecular formula is C18H23FN2. The summed E-state index contributed by atoms with van der Waals surface area (Å²) >= 11 is 0. The van der Waals surface area contributed by atoms with E-state index in [4.69, 9.17) is 5.84 Å². The van der Waals surface area contributed by atoms with Gasteiger partial charge in [0.05, 0.1) is 6.04 Å². The Morgan fingerprint density at radius 2 is 1.62 bits per heavy atom. The fourth-order valence-electron chi connectivity index (χ4n) is 2.71. The van der Waals surface area contributed by atoms with E-state index in [0.717, 1.165) is 11.1 Å². The number of benzene rings is 2. The van der Waals surface area contributed by atoms with Gasteiger partial charge >= 0.3 is 0 Å². The molecule has 1 atom stereocenters. The van der Waals surface area contributed by atoms with Crippen molar-refractivity contribution in [3.63, 3.8) is 0 Å². The van der Waals surface area contributed by atoms with E-state index in [1.807, 2.05) is 12.1 Å². The van der Waals surface area contributed by atoms with Crippen molar-refractivity contribution in [2.45, 2.75) is 39.2 Å². The summed E-state index contributed by atoms with van der Waals surface area (Å²) in [5, 5.41) is 0. The van der Waals surface area contributed by atoms with Crippen LogP contribution >= 0.6 is 0 Å². The Hall–Kier alpha value is -1.71. The molecule has 112 valence electrons. The fraction of sp³-hybridized carbons (Fsp3) is 0.333. The van der Waals surface area contributed by atoms with Gasteiger partial charge in [0.1, 0.15) is 5.82 Å². The largest absolute Gasteiger partial charge is 0.271 e. The molecule has 0 saturated carbocycles. The molecule has 0 aliphatic carbocycles. The highest BCUT2D eigenvalue weighted by molar-refractivity contribution is 5.36. The summed E-state index contributed by atoms with van der Waals surface area (Å²) in [6.07, 6.45) is 0. The first-order valence-electron chi connectivity index (χ1n) is 7.15. The number of nitrogens with one attached hydrogen (secondary N) is 1. The highest BCUT2D eigenvalue weighted by atomic mass is 19.1. The van der Waals surface area contributed by atoms with Crippen LogP contribution in [0.1, 0.15) is 42.1 Å². The number of rotatable bonds is 4. The lowest BCUT2D eigenvalue weighted by Crippen LogP contribution is -2.41. The molecule has 2 aromatic carbocycles. The average molecular weight is 286 g/mol. The summed E-state index contributed by atoms with van der Waals surface area (Å²) in [7, 11) is 0. The lowest BCUT2D eigenvalue weighted by molar-refractivity contribution is 0.352. The van der Waals surface area contributed by atoms with E-state index in [2.05, 4.69) is 51.3 Å². The minimum absolute atomic E-state index is 0.0535. The zero-order valence-corrected chi connectivity index (χ0v) is 13.1. The highest BCUT2D eigenvalue weighted by Crippen LogP contribution is 2.36. The van der Waals surface area contributed by atoms with Crippen LogP contribution in [0.25, 0.3) is 0 Å². The summed E-state index contributed by atoms with van der Waals surface area (Å²) in [4.78, 5) is 0. The van der Waals surface area contributed by atoms with Gasteiger partial charge < -0.3 is 0 Å². The molecule has 0 aliphatic heterocycles. The molecule has 1 unspecified atom stereocenters. The van der Waals surface area contributed by atoms with Crippen LogP contribution in [0, 0.1) is 19.7 Å². The number of hydrogen-bond acceptors (Lipinski definition) is 2. The monoisotopic (exact) mass is 286 g/mol. The summed E-state index contributed by atoms with van der Waals surface area (Å²) in [5.41, 5.74) is 7.34. The zero-order valence-electron chi connectivity index (χ0n) is 13.1. The molecule has 0 bridgehead atoms. The molecule has 2 nitrogen and oxygen atoms in total. The minimum Gasteiger partial charge on any atom is -0.271 e. The summed E-state index contributed by atoms with van der Waals surface area (Å²) in [5.74, 6) is 5.60. The van der Waals surface area contributed by atoms with Crippen LogP contribution < -0.4 is 11.3 Å². The SMILES string of the molecule is Cc1ccc(C(NN)C(C)(C)c2ccc(F)cc2)cc1C. The molecule has 21 heavy (non-hydrogen) atoms. The molecule has 0 amide bonds. The van der Waals surface area contributed by atoms with E-state index in [9.17, 15) is 4.39 Å². The normalized spacial score (nSPS) is 13.2. The van der Waals surface area contributed by atoms with E-state index < -0.39 is 0 Å². The molecule has 2 aromatic rings. The molecule has 0 spiro atoms. The third kappa shape index (κ3) is 3.14. The van der Waals surface area contributed by atoms with Crippen LogP contribution in [0.2, 0.25) is 0 Å². The van der Waals surface area contributed by atoms with Gasteiger partial charge in [0, 0.05) is 5.41 Å². The van der Waals surface area contributed by atoms with Crippen molar-refractivity contribution in [2.24, 2.45) is 5.84 Å². The van der Waals surface area contributed by atoms with Crippen LogP contribution in [-0.4, -0.2) is 0 Å². The second-order valence-electron chi connectivity index (χ2n) is 6.17. The van der Waals surface area contributed by atoms with Crippen LogP contribution in [-0.2, 0) is 5.41 Å².